The average molecular weight is 595 g/mol. The van der Waals surface area contributed by atoms with Crippen LogP contribution in [-0.4, -0.2) is 97.3 Å². The molecule has 3 amide bonds. The summed E-state index contributed by atoms with van der Waals surface area (Å²) in [6.07, 6.45) is 1.99. The molecule has 0 radical (unpaired) electrons. The lowest BCUT2D eigenvalue weighted by atomic mass is 9.99. The van der Waals surface area contributed by atoms with Crippen LogP contribution in [-0.2, 0) is 32.0 Å². The second-order valence-corrected chi connectivity index (χ2v) is 12.1. The van der Waals surface area contributed by atoms with Gasteiger partial charge < -0.3 is 30.3 Å². The third kappa shape index (κ3) is 8.61. The molecule has 4 rings (SSSR count). The first kappa shape index (κ1) is 31.6. The van der Waals surface area contributed by atoms with Gasteiger partial charge in [0.05, 0.1) is 12.7 Å². The van der Waals surface area contributed by atoms with E-state index in [-0.39, 0.29) is 43.3 Å². The summed E-state index contributed by atoms with van der Waals surface area (Å²) in [5.41, 5.74) is 0.907. The Kier molecular flexibility index (Phi) is 11.5. The highest BCUT2D eigenvalue weighted by molar-refractivity contribution is 7.09. The van der Waals surface area contributed by atoms with Crippen LogP contribution in [0.3, 0.4) is 0 Å². The number of rotatable bonds is 14. The molecule has 226 valence electrons. The molecule has 4 atom stereocenters. The van der Waals surface area contributed by atoms with E-state index in [0.717, 1.165) is 40.6 Å². The van der Waals surface area contributed by atoms with Crippen LogP contribution in [0.5, 0.6) is 0 Å². The van der Waals surface area contributed by atoms with Gasteiger partial charge in [-0.2, -0.15) is 0 Å². The number of aliphatic hydroxyl groups is 1. The van der Waals surface area contributed by atoms with Crippen molar-refractivity contribution in [2.45, 2.75) is 56.8 Å². The summed E-state index contributed by atoms with van der Waals surface area (Å²) in [6, 6.07) is 16.4. The Morgan fingerprint density at radius 3 is 2.52 bits per heavy atom. The van der Waals surface area contributed by atoms with Crippen molar-refractivity contribution < 1.29 is 24.2 Å². The van der Waals surface area contributed by atoms with Gasteiger partial charge in [-0.25, -0.2) is 0 Å². The fourth-order valence-electron chi connectivity index (χ4n) is 5.22. The van der Waals surface area contributed by atoms with Crippen LogP contribution < -0.4 is 10.6 Å². The molecule has 4 unspecified atom stereocenters. The zero-order valence-corrected chi connectivity index (χ0v) is 25.4. The number of amides is 3. The standard InChI is InChI=1S/C32H42N4O5S/c1-22(37)19-34-31(39)28(18-27-11-7-15-42-27)36(3)32(40)29(17-23-12-13-24-8-4-5-9-25(24)16-23)35(2)30(38)21-41-20-26-10-6-14-33-26/h4-5,7-9,11-13,15-16,22,26,28-29,33,37H,6,10,14,17-21H2,1-3H3,(H,34,39). The van der Waals surface area contributed by atoms with Gasteiger partial charge >= 0.3 is 0 Å². The zero-order chi connectivity index (χ0) is 30.1. The minimum Gasteiger partial charge on any atom is -0.392 e. The van der Waals surface area contributed by atoms with E-state index < -0.39 is 18.2 Å². The van der Waals surface area contributed by atoms with Crippen LogP contribution in [0.25, 0.3) is 10.8 Å². The molecule has 3 N–H and O–H groups in total. The van der Waals surface area contributed by atoms with Crippen molar-refractivity contribution in [3.8, 4) is 0 Å². The number of nitrogens with zero attached hydrogens (tertiary/aromatic N) is 2. The van der Waals surface area contributed by atoms with Crippen molar-refractivity contribution in [1.29, 1.82) is 0 Å². The molecule has 0 saturated carbocycles. The molecule has 1 saturated heterocycles. The van der Waals surface area contributed by atoms with Crippen molar-refractivity contribution in [2.24, 2.45) is 0 Å². The summed E-state index contributed by atoms with van der Waals surface area (Å²) in [5, 5.41) is 19.9. The average Bonchev–Trinajstić information content (AvgIpc) is 3.71. The molecule has 0 bridgehead atoms. The fourth-order valence-corrected chi connectivity index (χ4v) is 5.96. The van der Waals surface area contributed by atoms with Gasteiger partial charge in [-0.15, -0.1) is 11.3 Å². The number of ether oxygens (including phenoxy) is 1. The number of nitrogens with one attached hydrogen (secondary N) is 2. The second kappa shape index (κ2) is 15.2. The first-order chi connectivity index (χ1) is 20.2. The molecule has 2 heterocycles. The van der Waals surface area contributed by atoms with Crippen LogP contribution in [0, 0.1) is 0 Å². The summed E-state index contributed by atoms with van der Waals surface area (Å²) in [5.74, 6) is -0.995. The third-order valence-corrected chi connectivity index (χ3v) is 8.66. The minimum absolute atomic E-state index is 0.0773. The lowest BCUT2D eigenvalue weighted by molar-refractivity contribution is -0.149. The van der Waals surface area contributed by atoms with E-state index in [9.17, 15) is 19.5 Å². The van der Waals surface area contributed by atoms with E-state index in [1.807, 2.05) is 60.0 Å². The zero-order valence-electron chi connectivity index (χ0n) is 24.6. The lowest BCUT2D eigenvalue weighted by Gasteiger charge is -2.34. The lowest BCUT2D eigenvalue weighted by Crippen LogP contribution is -2.56. The summed E-state index contributed by atoms with van der Waals surface area (Å²) in [4.78, 5) is 44.7. The molecule has 0 aliphatic carbocycles. The van der Waals surface area contributed by atoms with Crippen molar-refractivity contribution in [3.63, 3.8) is 0 Å². The number of aliphatic hydroxyl groups excluding tert-OH is 1. The Balaban J connectivity index is 1.56. The molecule has 1 aliphatic heterocycles. The van der Waals surface area contributed by atoms with E-state index >= 15 is 0 Å². The van der Waals surface area contributed by atoms with E-state index in [1.165, 1.54) is 21.1 Å². The monoisotopic (exact) mass is 594 g/mol. The van der Waals surface area contributed by atoms with Gasteiger partial charge in [0.1, 0.15) is 18.7 Å². The van der Waals surface area contributed by atoms with Crippen molar-refractivity contribution in [2.75, 3.05) is 40.4 Å². The molecular formula is C32H42N4O5S. The Bertz CT molecular complexity index is 1330. The van der Waals surface area contributed by atoms with Gasteiger partial charge in [0.15, 0.2) is 0 Å². The first-order valence-corrected chi connectivity index (χ1v) is 15.4. The minimum atomic E-state index is -0.854. The second-order valence-electron chi connectivity index (χ2n) is 11.1. The topological polar surface area (TPSA) is 111 Å². The molecule has 1 aromatic heterocycles. The Morgan fingerprint density at radius 2 is 1.83 bits per heavy atom. The van der Waals surface area contributed by atoms with Crippen LogP contribution in [0.15, 0.2) is 60.0 Å². The Labute approximate surface area is 251 Å². The first-order valence-electron chi connectivity index (χ1n) is 14.5. The quantitative estimate of drug-likeness (QED) is 0.265. The molecule has 42 heavy (non-hydrogen) atoms. The van der Waals surface area contributed by atoms with Crippen molar-refractivity contribution >= 4 is 39.8 Å². The number of carbonyl (C=O) groups is 3. The molecule has 9 nitrogen and oxygen atoms in total. The van der Waals surface area contributed by atoms with E-state index in [4.69, 9.17) is 4.74 Å². The van der Waals surface area contributed by atoms with Gasteiger partial charge in [-0.3, -0.25) is 14.4 Å². The third-order valence-electron chi connectivity index (χ3n) is 7.76. The molecule has 1 aliphatic rings. The van der Waals surface area contributed by atoms with E-state index in [0.29, 0.717) is 13.0 Å². The van der Waals surface area contributed by atoms with Crippen molar-refractivity contribution in [3.05, 3.63) is 70.4 Å². The predicted molar refractivity (Wildman–Crippen MR) is 165 cm³/mol. The normalized spacial score (nSPS) is 17.0. The summed E-state index contributed by atoms with van der Waals surface area (Å²) in [7, 11) is 3.23. The largest absolute Gasteiger partial charge is 0.392 e. The number of benzene rings is 2. The fraction of sp³-hybridized carbons (Fsp3) is 0.469. The molecule has 1 fully saturated rings. The smallest absolute Gasteiger partial charge is 0.249 e. The maximum absolute atomic E-state index is 14.2. The number of carbonyl (C=O) groups excluding carboxylic acids is 3. The van der Waals surface area contributed by atoms with Crippen LogP contribution in [0.4, 0.5) is 0 Å². The van der Waals surface area contributed by atoms with Gasteiger partial charge in [0.2, 0.25) is 17.7 Å². The van der Waals surface area contributed by atoms with Gasteiger partial charge in [0.25, 0.3) is 0 Å². The number of thiophene rings is 1. The highest BCUT2D eigenvalue weighted by Crippen LogP contribution is 2.21. The Hall–Kier alpha value is -3.31. The van der Waals surface area contributed by atoms with E-state index in [1.54, 1.807) is 21.0 Å². The molecule has 10 heteroatoms. The van der Waals surface area contributed by atoms with Crippen LogP contribution in [0.2, 0.25) is 0 Å². The van der Waals surface area contributed by atoms with E-state index in [2.05, 4.69) is 10.6 Å². The van der Waals surface area contributed by atoms with Crippen molar-refractivity contribution in [1.82, 2.24) is 20.4 Å². The number of hydrogen-bond donors (Lipinski definition) is 3. The molecule has 3 aromatic rings. The Morgan fingerprint density at radius 1 is 1.05 bits per heavy atom. The van der Waals surface area contributed by atoms with Gasteiger partial charge in [-0.1, -0.05) is 48.5 Å². The number of hydrogen-bond acceptors (Lipinski definition) is 7. The SMILES string of the molecule is CC(O)CNC(=O)C(Cc1cccs1)N(C)C(=O)C(Cc1ccc2ccccc2c1)N(C)C(=O)COCC1CCCN1. The molecular weight excluding hydrogens is 552 g/mol. The maximum Gasteiger partial charge on any atom is 0.249 e. The van der Waals surface area contributed by atoms with Gasteiger partial charge in [0, 0.05) is 44.4 Å². The number of likely N-dealkylation sites (N-methyl/N-ethyl adjacent to an activating group) is 2. The predicted octanol–water partition coefficient (Wildman–Crippen LogP) is 2.61. The summed E-state index contributed by atoms with van der Waals surface area (Å²) < 4.78 is 5.74. The summed E-state index contributed by atoms with van der Waals surface area (Å²) >= 11 is 1.51. The highest BCUT2D eigenvalue weighted by Gasteiger charge is 2.35. The van der Waals surface area contributed by atoms with Crippen LogP contribution >= 0.6 is 11.3 Å². The summed E-state index contributed by atoms with van der Waals surface area (Å²) in [6.45, 7) is 2.93. The van der Waals surface area contributed by atoms with Crippen LogP contribution in [0.1, 0.15) is 30.2 Å². The number of fused-ring (bicyclic) bond motifs is 1. The maximum atomic E-state index is 14.2. The van der Waals surface area contributed by atoms with Gasteiger partial charge in [-0.05, 0) is 54.1 Å². The highest BCUT2D eigenvalue weighted by atomic mass is 32.1. The molecule has 0 spiro atoms. The molecule has 2 aromatic carbocycles.